The first-order valence-corrected chi connectivity index (χ1v) is 5.31. The van der Waals surface area contributed by atoms with Crippen molar-refractivity contribution in [3.8, 4) is 0 Å². The summed E-state index contributed by atoms with van der Waals surface area (Å²) < 4.78 is 0. The van der Waals surface area contributed by atoms with Crippen molar-refractivity contribution in [3.63, 3.8) is 0 Å². The van der Waals surface area contributed by atoms with Crippen molar-refractivity contribution in [1.29, 1.82) is 0 Å². The van der Waals surface area contributed by atoms with Crippen LogP contribution in [0.1, 0.15) is 12.8 Å². The summed E-state index contributed by atoms with van der Waals surface area (Å²) in [6, 6.07) is 5.44. The summed E-state index contributed by atoms with van der Waals surface area (Å²) >= 11 is 11.7. The van der Waals surface area contributed by atoms with E-state index < -0.39 is 0 Å². The van der Waals surface area contributed by atoms with Crippen LogP contribution in [0.25, 0.3) is 0 Å². The Labute approximate surface area is 92.8 Å². The summed E-state index contributed by atoms with van der Waals surface area (Å²) in [5, 5.41) is 13.8. The van der Waals surface area contributed by atoms with Crippen molar-refractivity contribution in [2.24, 2.45) is 0 Å². The predicted molar refractivity (Wildman–Crippen MR) is 59.1 cm³/mol. The number of benzene rings is 1. The maximum atomic E-state index is 9.38. The molecule has 2 rings (SSSR count). The Bertz CT molecular complexity index is 323. The molecule has 14 heavy (non-hydrogen) atoms. The molecule has 1 aromatic carbocycles. The summed E-state index contributed by atoms with van der Waals surface area (Å²) in [5.74, 6) is 0. The molecule has 0 aliphatic heterocycles. The third kappa shape index (κ3) is 2.14. The summed E-state index contributed by atoms with van der Waals surface area (Å²) in [5.41, 5.74) is 0.867. The van der Waals surface area contributed by atoms with Gasteiger partial charge in [-0.05, 0) is 31.0 Å². The molecule has 0 saturated heterocycles. The molecule has 0 spiro atoms. The van der Waals surface area contributed by atoms with Crippen molar-refractivity contribution in [3.05, 3.63) is 28.2 Å². The summed E-state index contributed by atoms with van der Waals surface area (Å²) in [4.78, 5) is 0. The first kappa shape index (κ1) is 10.1. The highest BCUT2D eigenvalue weighted by Crippen LogP contribution is 2.27. The third-order valence-electron chi connectivity index (χ3n) is 2.45. The van der Waals surface area contributed by atoms with E-state index in [-0.39, 0.29) is 12.1 Å². The van der Waals surface area contributed by atoms with Crippen LogP contribution in [-0.4, -0.2) is 17.3 Å². The van der Waals surface area contributed by atoms with Crippen LogP contribution in [0.3, 0.4) is 0 Å². The average Bonchev–Trinajstić information content (AvgIpc) is 2.10. The van der Waals surface area contributed by atoms with Crippen LogP contribution in [0.4, 0.5) is 5.69 Å². The lowest BCUT2D eigenvalue weighted by Gasteiger charge is -2.33. The first-order chi connectivity index (χ1) is 6.65. The fraction of sp³-hybridized carbons (Fsp3) is 0.400. The number of halogens is 2. The number of hydrogen-bond donors (Lipinski definition) is 2. The lowest BCUT2D eigenvalue weighted by molar-refractivity contribution is 0.0786. The number of anilines is 1. The lowest BCUT2D eigenvalue weighted by Crippen LogP contribution is -2.42. The summed E-state index contributed by atoms with van der Waals surface area (Å²) in [7, 11) is 0. The van der Waals surface area contributed by atoms with Crippen molar-refractivity contribution in [2.45, 2.75) is 25.0 Å². The highest BCUT2D eigenvalue weighted by atomic mass is 35.5. The van der Waals surface area contributed by atoms with Crippen LogP contribution < -0.4 is 5.32 Å². The highest BCUT2D eigenvalue weighted by molar-refractivity contribution is 6.35. The SMILES string of the molecule is O[C@H]1CC[C@@H]1Nc1cc(Cl)cc(Cl)c1. The highest BCUT2D eigenvalue weighted by Gasteiger charge is 2.28. The quantitative estimate of drug-likeness (QED) is 0.821. The van der Waals surface area contributed by atoms with Crippen molar-refractivity contribution < 1.29 is 5.11 Å². The van der Waals surface area contributed by atoms with Gasteiger partial charge in [0.2, 0.25) is 0 Å². The minimum atomic E-state index is -0.243. The van der Waals surface area contributed by atoms with Gasteiger partial charge in [0.25, 0.3) is 0 Å². The maximum Gasteiger partial charge on any atom is 0.0741 e. The first-order valence-electron chi connectivity index (χ1n) is 4.56. The Kier molecular flexibility index (Phi) is 2.86. The molecule has 2 nitrogen and oxygen atoms in total. The number of rotatable bonds is 2. The minimum absolute atomic E-state index is 0.143. The monoisotopic (exact) mass is 231 g/mol. The summed E-state index contributed by atoms with van der Waals surface area (Å²) in [6.45, 7) is 0. The molecule has 1 fully saturated rings. The minimum Gasteiger partial charge on any atom is -0.391 e. The maximum absolute atomic E-state index is 9.38. The molecule has 1 saturated carbocycles. The Balaban J connectivity index is 2.08. The number of aliphatic hydroxyl groups is 1. The van der Waals surface area contributed by atoms with E-state index in [1.54, 1.807) is 18.2 Å². The van der Waals surface area contributed by atoms with Crippen molar-refractivity contribution >= 4 is 28.9 Å². The van der Waals surface area contributed by atoms with Gasteiger partial charge >= 0.3 is 0 Å². The number of hydrogen-bond acceptors (Lipinski definition) is 2. The zero-order valence-electron chi connectivity index (χ0n) is 7.50. The van der Waals surface area contributed by atoms with E-state index >= 15 is 0 Å². The van der Waals surface area contributed by atoms with E-state index in [0.717, 1.165) is 18.5 Å². The van der Waals surface area contributed by atoms with E-state index in [2.05, 4.69) is 5.32 Å². The van der Waals surface area contributed by atoms with Crippen molar-refractivity contribution in [2.75, 3.05) is 5.32 Å². The van der Waals surface area contributed by atoms with Gasteiger partial charge in [-0.2, -0.15) is 0 Å². The summed E-state index contributed by atoms with van der Waals surface area (Å²) in [6.07, 6.45) is 1.62. The molecule has 2 atom stereocenters. The van der Waals surface area contributed by atoms with E-state index in [0.29, 0.717) is 10.0 Å². The molecule has 1 aliphatic carbocycles. The van der Waals surface area contributed by atoms with Gasteiger partial charge in [0.05, 0.1) is 12.1 Å². The molecule has 0 amide bonds. The Morgan fingerprint density at radius 3 is 2.21 bits per heavy atom. The molecule has 0 radical (unpaired) electrons. The molecule has 2 N–H and O–H groups in total. The molecule has 76 valence electrons. The third-order valence-corrected chi connectivity index (χ3v) is 2.89. The molecule has 0 unspecified atom stereocenters. The van der Waals surface area contributed by atoms with Gasteiger partial charge in [-0.15, -0.1) is 0 Å². The van der Waals surface area contributed by atoms with Crippen LogP contribution in [0.2, 0.25) is 10.0 Å². The molecule has 1 aromatic rings. The largest absolute Gasteiger partial charge is 0.391 e. The van der Waals surface area contributed by atoms with Gasteiger partial charge in [-0.25, -0.2) is 0 Å². The lowest BCUT2D eigenvalue weighted by atomic mass is 9.89. The zero-order valence-corrected chi connectivity index (χ0v) is 9.02. The molecule has 4 heteroatoms. The predicted octanol–water partition coefficient (Wildman–Crippen LogP) is 2.93. The second kappa shape index (κ2) is 3.97. The fourth-order valence-corrected chi connectivity index (χ4v) is 2.03. The van der Waals surface area contributed by atoms with Gasteiger partial charge < -0.3 is 10.4 Å². The van der Waals surface area contributed by atoms with Crippen LogP contribution >= 0.6 is 23.2 Å². The zero-order chi connectivity index (χ0) is 10.1. The van der Waals surface area contributed by atoms with Gasteiger partial charge in [-0.3, -0.25) is 0 Å². The van der Waals surface area contributed by atoms with Crippen LogP contribution in [0.15, 0.2) is 18.2 Å². The Hall–Kier alpha value is -0.440. The van der Waals surface area contributed by atoms with Crippen LogP contribution in [-0.2, 0) is 0 Å². The second-order valence-electron chi connectivity index (χ2n) is 3.55. The molecule has 1 aliphatic rings. The van der Waals surface area contributed by atoms with Crippen LogP contribution in [0, 0.1) is 0 Å². The molecular weight excluding hydrogens is 221 g/mol. The smallest absolute Gasteiger partial charge is 0.0741 e. The van der Waals surface area contributed by atoms with Gasteiger partial charge in [0.1, 0.15) is 0 Å². The molecular formula is C10H11Cl2NO. The standard InChI is InChI=1S/C10H11Cl2NO/c11-6-3-7(12)5-8(4-6)13-9-1-2-10(9)14/h3-5,9-10,13-14H,1-2H2/t9-,10-/m0/s1. The Morgan fingerprint density at radius 1 is 1.14 bits per heavy atom. The fourth-order valence-electron chi connectivity index (χ4n) is 1.50. The average molecular weight is 232 g/mol. The number of nitrogens with one attached hydrogen (secondary N) is 1. The topological polar surface area (TPSA) is 32.3 Å². The van der Waals surface area contributed by atoms with Gasteiger partial charge in [0.15, 0.2) is 0 Å². The van der Waals surface area contributed by atoms with Crippen LogP contribution in [0.5, 0.6) is 0 Å². The molecule has 0 aromatic heterocycles. The normalized spacial score (nSPS) is 25.6. The molecule has 0 heterocycles. The second-order valence-corrected chi connectivity index (χ2v) is 4.43. The van der Waals surface area contributed by atoms with E-state index in [1.807, 2.05) is 0 Å². The van der Waals surface area contributed by atoms with Crippen molar-refractivity contribution in [1.82, 2.24) is 0 Å². The van der Waals surface area contributed by atoms with E-state index in [4.69, 9.17) is 23.2 Å². The van der Waals surface area contributed by atoms with Gasteiger partial charge in [-0.1, -0.05) is 23.2 Å². The Morgan fingerprint density at radius 2 is 1.79 bits per heavy atom. The van der Waals surface area contributed by atoms with E-state index in [1.165, 1.54) is 0 Å². The number of aliphatic hydroxyl groups excluding tert-OH is 1. The molecule has 0 bridgehead atoms. The van der Waals surface area contributed by atoms with E-state index in [9.17, 15) is 5.11 Å². The van der Waals surface area contributed by atoms with Gasteiger partial charge in [0, 0.05) is 15.7 Å².